The highest BCUT2D eigenvalue weighted by molar-refractivity contribution is 7.08. The minimum Gasteiger partial charge on any atom is -0.271 e. The molecule has 3 N–H and O–H groups in total. The van der Waals surface area contributed by atoms with Crippen molar-refractivity contribution in [3.63, 3.8) is 0 Å². The summed E-state index contributed by atoms with van der Waals surface area (Å²) in [5.41, 5.74) is 5.78. The molecular formula is C13H22N2S. The lowest BCUT2D eigenvalue weighted by atomic mass is 9.83. The van der Waals surface area contributed by atoms with Crippen LogP contribution >= 0.6 is 11.3 Å². The molecule has 90 valence electrons. The SMILES string of the molecule is Cc1cscc1C(CC1CCCCC1)NN. The lowest BCUT2D eigenvalue weighted by Gasteiger charge is -2.26. The van der Waals surface area contributed by atoms with E-state index in [9.17, 15) is 0 Å². The first-order valence-corrected chi connectivity index (χ1v) is 7.24. The van der Waals surface area contributed by atoms with Crippen LogP contribution in [0.4, 0.5) is 0 Å². The van der Waals surface area contributed by atoms with Gasteiger partial charge in [-0.3, -0.25) is 11.3 Å². The number of hydrazine groups is 1. The van der Waals surface area contributed by atoms with E-state index >= 15 is 0 Å². The second kappa shape index (κ2) is 5.80. The summed E-state index contributed by atoms with van der Waals surface area (Å²) in [7, 11) is 0. The Hall–Kier alpha value is -0.380. The molecule has 2 nitrogen and oxygen atoms in total. The van der Waals surface area contributed by atoms with Crippen molar-refractivity contribution in [1.29, 1.82) is 0 Å². The summed E-state index contributed by atoms with van der Waals surface area (Å²) in [4.78, 5) is 0. The van der Waals surface area contributed by atoms with Crippen molar-refractivity contribution in [2.24, 2.45) is 11.8 Å². The molecule has 3 heteroatoms. The van der Waals surface area contributed by atoms with Crippen LogP contribution in [0, 0.1) is 12.8 Å². The molecule has 16 heavy (non-hydrogen) atoms. The van der Waals surface area contributed by atoms with Gasteiger partial charge in [0.25, 0.3) is 0 Å². The van der Waals surface area contributed by atoms with Gasteiger partial charge in [0.2, 0.25) is 0 Å². The molecule has 0 spiro atoms. The number of hydrogen-bond acceptors (Lipinski definition) is 3. The highest BCUT2D eigenvalue weighted by atomic mass is 32.1. The molecule has 0 saturated heterocycles. The number of rotatable bonds is 4. The molecule has 0 bridgehead atoms. The van der Waals surface area contributed by atoms with E-state index in [0.717, 1.165) is 5.92 Å². The van der Waals surface area contributed by atoms with Crippen molar-refractivity contribution in [1.82, 2.24) is 5.43 Å². The highest BCUT2D eigenvalue weighted by Crippen LogP contribution is 2.33. The Morgan fingerprint density at radius 1 is 1.38 bits per heavy atom. The first-order chi connectivity index (χ1) is 7.81. The van der Waals surface area contributed by atoms with E-state index < -0.39 is 0 Å². The van der Waals surface area contributed by atoms with Crippen LogP contribution in [0.5, 0.6) is 0 Å². The van der Waals surface area contributed by atoms with Crippen LogP contribution in [0.2, 0.25) is 0 Å². The standard InChI is InChI=1S/C13H22N2S/c1-10-8-16-9-12(10)13(15-14)7-11-5-3-2-4-6-11/h8-9,11,13,15H,2-7,14H2,1H3. The summed E-state index contributed by atoms with van der Waals surface area (Å²) in [5, 5.41) is 4.45. The third-order valence-electron chi connectivity index (χ3n) is 3.77. The van der Waals surface area contributed by atoms with Gasteiger partial charge in [0.05, 0.1) is 0 Å². The summed E-state index contributed by atoms with van der Waals surface area (Å²) in [6.07, 6.45) is 8.22. The Labute approximate surface area is 102 Å². The topological polar surface area (TPSA) is 38.0 Å². The minimum atomic E-state index is 0.356. The van der Waals surface area contributed by atoms with Crippen LogP contribution in [0.3, 0.4) is 0 Å². The van der Waals surface area contributed by atoms with Crippen LogP contribution in [-0.2, 0) is 0 Å². The molecule has 1 unspecified atom stereocenters. The third kappa shape index (κ3) is 2.84. The zero-order chi connectivity index (χ0) is 11.4. The van der Waals surface area contributed by atoms with Crippen LogP contribution in [0.1, 0.15) is 55.7 Å². The van der Waals surface area contributed by atoms with Crippen molar-refractivity contribution >= 4 is 11.3 Å². The molecule has 2 rings (SSSR count). The Kier molecular flexibility index (Phi) is 4.38. The van der Waals surface area contributed by atoms with E-state index in [2.05, 4.69) is 23.1 Å². The summed E-state index contributed by atoms with van der Waals surface area (Å²) in [6.45, 7) is 2.18. The first kappa shape index (κ1) is 12.1. The first-order valence-electron chi connectivity index (χ1n) is 6.30. The van der Waals surface area contributed by atoms with E-state index in [1.54, 1.807) is 11.3 Å². The maximum atomic E-state index is 5.70. The van der Waals surface area contributed by atoms with Crippen molar-refractivity contribution < 1.29 is 0 Å². The Balaban J connectivity index is 1.97. The number of nitrogens with two attached hydrogens (primary N) is 1. The Bertz CT molecular complexity index is 315. The van der Waals surface area contributed by atoms with Gasteiger partial charge < -0.3 is 0 Å². The fourth-order valence-corrected chi connectivity index (χ4v) is 3.67. The Morgan fingerprint density at radius 2 is 2.12 bits per heavy atom. The van der Waals surface area contributed by atoms with Gasteiger partial charge in [-0.15, -0.1) is 0 Å². The van der Waals surface area contributed by atoms with Gasteiger partial charge in [-0.2, -0.15) is 11.3 Å². The average molecular weight is 238 g/mol. The van der Waals surface area contributed by atoms with E-state index in [4.69, 9.17) is 5.84 Å². The normalized spacial score (nSPS) is 19.9. The largest absolute Gasteiger partial charge is 0.271 e. The summed E-state index contributed by atoms with van der Waals surface area (Å²) < 4.78 is 0. The van der Waals surface area contributed by atoms with Crippen LogP contribution in [0.15, 0.2) is 10.8 Å². The maximum absolute atomic E-state index is 5.70. The molecule has 1 heterocycles. The highest BCUT2D eigenvalue weighted by Gasteiger charge is 2.20. The average Bonchev–Trinajstić information content (AvgIpc) is 2.74. The van der Waals surface area contributed by atoms with Gasteiger partial charge in [-0.1, -0.05) is 32.1 Å². The van der Waals surface area contributed by atoms with E-state index in [0.29, 0.717) is 6.04 Å². The van der Waals surface area contributed by atoms with Gasteiger partial charge in [0, 0.05) is 6.04 Å². The maximum Gasteiger partial charge on any atom is 0.0473 e. The van der Waals surface area contributed by atoms with Gasteiger partial charge in [0.15, 0.2) is 0 Å². The van der Waals surface area contributed by atoms with Gasteiger partial charge in [-0.25, -0.2) is 0 Å². The number of thiophene rings is 1. The molecule has 0 aliphatic heterocycles. The molecule has 1 aromatic rings. The predicted octanol–water partition coefficient (Wildman–Crippen LogP) is 3.53. The van der Waals surface area contributed by atoms with Crippen molar-refractivity contribution in [3.8, 4) is 0 Å². The zero-order valence-electron chi connectivity index (χ0n) is 10.0. The Morgan fingerprint density at radius 3 is 2.69 bits per heavy atom. The van der Waals surface area contributed by atoms with E-state index in [1.165, 1.54) is 49.7 Å². The summed E-state index contributed by atoms with van der Waals surface area (Å²) >= 11 is 1.78. The van der Waals surface area contributed by atoms with Crippen molar-refractivity contribution in [2.45, 2.75) is 51.5 Å². The molecule has 1 atom stereocenters. The monoisotopic (exact) mass is 238 g/mol. The second-order valence-electron chi connectivity index (χ2n) is 4.97. The molecule has 1 aliphatic carbocycles. The second-order valence-corrected chi connectivity index (χ2v) is 5.71. The van der Waals surface area contributed by atoms with Gasteiger partial charge in [-0.05, 0) is 41.1 Å². The van der Waals surface area contributed by atoms with E-state index in [-0.39, 0.29) is 0 Å². The third-order valence-corrected chi connectivity index (χ3v) is 4.65. The predicted molar refractivity (Wildman–Crippen MR) is 70.3 cm³/mol. The van der Waals surface area contributed by atoms with Crippen LogP contribution in [-0.4, -0.2) is 0 Å². The fourth-order valence-electron chi connectivity index (χ4n) is 2.77. The van der Waals surface area contributed by atoms with Crippen LogP contribution in [0.25, 0.3) is 0 Å². The molecule has 1 aromatic heterocycles. The van der Waals surface area contributed by atoms with Crippen LogP contribution < -0.4 is 11.3 Å². The lowest BCUT2D eigenvalue weighted by molar-refractivity contribution is 0.301. The lowest BCUT2D eigenvalue weighted by Crippen LogP contribution is -2.30. The number of aryl methyl sites for hydroxylation is 1. The molecular weight excluding hydrogens is 216 g/mol. The summed E-state index contributed by atoms with van der Waals surface area (Å²) in [6, 6.07) is 0.356. The van der Waals surface area contributed by atoms with E-state index in [1.807, 2.05) is 0 Å². The van der Waals surface area contributed by atoms with Crippen molar-refractivity contribution in [2.75, 3.05) is 0 Å². The molecule has 0 amide bonds. The molecule has 0 radical (unpaired) electrons. The molecule has 0 aromatic carbocycles. The molecule has 1 aliphatic rings. The smallest absolute Gasteiger partial charge is 0.0473 e. The zero-order valence-corrected chi connectivity index (χ0v) is 10.9. The fraction of sp³-hybridized carbons (Fsp3) is 0.692. The number of nitrogens with one attached hydrogen (secondary N) is 1. The molecule has 1 fully saturated rings. The number of hydrogen-bond donors (Lipinski definition) is 2. The quantitative estimate of drug-likeness (QED) is 0.622. The van der Waals surface area contributed by atoms with Crippen molar-refractivity contribution in [3.05, 3.63) is 21.9 Å². The summed E-state index contributed by atoms with van der Waals surface area (Å²) in [5.74, 6) is 6.57. The minimum absolute atomic E-state index is 0.356. The molecule has 1 saturated carbocycles. The van der Waals surface area contributed by atoms with Gasteiger partial charge >= 0.3 is 0 Å². The van der Waals surface area contributed by atoms with Gasteiger partial charge in [0.1, 0.15) is 0 Å².